The average molecular weight is 487 g/mol. The number of thioether (sulfide) groups is 1. The second kappa shape index (κ2) is 9.55. The summed E-state index contributed by atoms with van der Waals surface area (Å²) >= 11 is 6.60. The minimum atomic E-state index is -0.559. The molecule has 168 valence electrons. The van der Waals surface area contributed by atoms with E-state index in [1.54, 1.807) is 18.2 Å². The molecule has 0 bridgehead atoms. The predicted octanol–water partition coefficient (Wildman–Crippen LogP) is 3.04. The number of aromatic nitrogens is 2. The Kier molecular flexibility index (Phi) is 6.57. The zero-order valence-electron chi connectivity index (χ0n) is 17.0. The summed E-state index contributed by atoms with van der Waals surface area (Å²) in [5.74, 6) is -1.55. The van der Waals surface area contributed by atoms with E-state index in [1.165, 1.54) is 36.7 Å². The fourth-order valence-electron chi connectivity index (χ4n) is 3.19. The molecule has 0 unspecified atom stereocenters. The van der Waals surface area contributed by atoms with Crippen molar-refractivity contribution in [3.63, 3.8) is 0 Å². The molecule has 2 heterocycles. The van der Waals surface area contributed by atoms with Crippen molar-refractivity contribution < 1.29 is 18.8 Å². The Morgan fingerprint density at radius 2 is 1.97 bits per heavy atom. The highest BCUT2D eigenvalue weighted by atomic mass is 35.5. The van der Waals surface area contributed by atoms with Gasteiger partial charge in [-0.15, -0.1) is 0 Å². The first-order valence-corrected chi connectivity index (χ1v) is 10.9. The van der Waals surface area contributed by atoms with E-state index in [9.17, 15) is 23.6 Å². The first kappa shape index (κ1) is 22.7. The van der Waals surface area contributed by atoms with Crippen LogP contribution in [0.5, 0.6) is 0 Å². The number of halogens is 2. The molecule has 3 amide bonds. The first-order valence-electron chi connectivity index (χ1n) is 9.75. The fraction of sp³-hybridized carbons (Fsp3) is 0.136. The number of imide groups is 1. The molecule has 1 saturated heterocycles. The minimum Gasteiger partial charge on any atom is -0.353 e. The van der Waals surface area contributed by atoms with Crippen LogP contribution in [0.4, 0.5) is 9.18 Å². The lowest BCUT2D eigenvalue weighted by atomic mass is 10.2. The summed E-state index contributed by atoms with van der Waals surface area (Å²) < 4.78 is 15.0. The van der Waals surface area contributed by atoms with Gasteiger partial charge >= 0.3 is 0 Å². The maximum atomic E-state index is 13.8. The van der Waals surface area contributed by atoms with Crippen LogP contribution in [-0.2, 0) is 16.1 Å². The van der Waals surface area contributed by atoms with Gasteiger partial charge in [-0.25, -0.2) is 9.37 Å². The number of carbonyl (C=O) groups is 3. The minimum absolute atomic E-state index is 0.00474. The van der Waals surface area contributed by atoms with E-state index in [4.69, 9.17) is 11.6 Å². The third kappa shape index (κ3) is 4.96. The zero-order chi connectivity index (χ0) is 23.5. The van der Waals surface area contributed by atoms with Crippen molar-refractivity contribution in [2.45, 2.75) is 6.54 Å². The third-order valence-corrected chi connectivity index (χ3v) is 5.97. The fourth-order valence-corrected chi connectivity index (χ4v) is 4.21. The zero-order valence-corrected chi connectivity index (χ0v) is 18.5. The van der Waals surface area contributed by atoms with Gasteiger partial charge in [0.15, 0.2) is 0 Å². The van der Waals surface area contributed by atoms with Crippen LogP contribution in [0, 0.1) is 5.82 Å². The number of fused-ring (bicyclic) bond motifs is 1. The van der Waals surface area contributed by atoms with E-state index in [0.717, 1.165) is 9.47 Å². The summed E-state index contributed by atoms with van der Waals surface area (Å²) in [6.07, 6.45) is 2.58. The highest BCUT2D eigenvalue weighted by molar-refractivity contribution is 8.18. The van der Waals surface area contributed by atoms with Gasteiger partial charge in [0.25, 0.3) is 16.7 Å². The molecule has 0 aliphatic carbocycles. The normalized spacial score (nSPS) is 15.0. The highest BCUT2D eigenvalue weighted by Gasteiger charge is 2.34. The average Bonchev–Trinajstić information content (AvgIpc) is 3.04. The molecule has 8 nitrogen and oxygen atoms in total. The molecule has 0 atom stereocenters. The summed E-state index contributed by atoms with van der Waals surface area (Å²) in [6, 6.07) is 10.6. The van der Waals surface area contributed by atoms with E-state index < -0.39 is 28.4 Å². The lowest BCUT2D eigenvalue weighted by molar-refractivity contribution is -0.124. The molecule has 0 saturated carbocycles. The Balaban J connectivity index is 1.36. The largest absolute Gasteiger partial charge is 0.353 e. The van der Waals surface area contributed by atoms with Crippen molar-refractivity contribution in [3.8, 4) is 0 Å². The molecule has 33 heavy (non-hydrogen) atoms. The van der Waals surface area contributed by atoms with Crippen molar-refractivity contribution in [2.24, 2.45) is 0 Å². The summed E-state index contributed by atoms with van der Waals surface area (Å²) in [4.78, 5) is 54.7. The Morgan fingerprint density at radius 1 is 1.18 bits per heavy atom. The molecular weight excluding hydrogens is 471 g/mol. The lowest BCUT2D eigenvalue weighted by Crippen LogP contribution is -2.39. The summed E-state index contributed by atoms with van der Waals surface area (Å²) in [5, 5.41) is 2.84. The summed E-state index contributed by atoms with van der Waals surface area (Å²) in [6.45, 7) is -0.344. The number of hydrogen-bond acceptors (Lipinski definition) is 6. The lowest BCUT2D eigenvalue weighted by Gasteiger charge is -2.13. The highest BCUT2D eigenvalue weighted by Crippen LogP contribution is 2.32. The molecule has 3 aromatic rings. The van der Waals surface area contributed by atoms with Crippen molar-refractivity contribution in [1.29, 1.82) is 0 Å². The van der Waals surface area contributed by atoms with Gasteiger partial charge in [0, 0.05) is 23.7 Å². The SMILES string of the molecule is O=C(Cn1cnc2cc(Cl)ccc2c1=O)NCCN1C(=O)S/C(=C\c2ccccc2F)C1=O. The van der Waals surface area contributed by atoms with Crippen LogP contribution in [0.25, 0.3) is 17.0 Å². The predicted molar refractivity (Wildman–Crippen MR) is 123 cm³/mol. The van der Waals surface area contributed by atoms with Crippen LogP contribution in [0.2, 0.25) is 5.02 Å². The van der Waals surface area contributed by atoms with Crippen molar-refractivity contribution in [2.75, 3.05) is 13.1 Å². The van der Waals surface area contributed by atoms with Crippen LogP contribution in [0.1, 0.15) is 5.56 Å². The van der Waals surface area contributed by atoms with Crippen molar-refractivity contribution in [1.82, 2.24) is 19.8 Å². The van der Waals surface area contributed by atoms with E-state index >= 15 is 0 Å². The molecule has 1 fully saturated rings. The molecule has 11 heteroatoms. The molecule has 4 rings (SSSR count). The maximum Gasteiger partial charge on any atom is 0.293 e. The van der Waals surface area contributed by atoms with Gasteiger partial charge in [0.05, 0.1) is 22.1 Å². The molecule has 1 N–H and O–H groups in total. The standard InChI is InChI=1S/C22H16ClFN4O4S/c23-14-5-6-15-17(10-14)26-12-27(20(15)30)11-19(29)25-7-8-28-21(31)18(33-22(28)32)9-13-3-1-2-4-16(13)24/h1-6,9-10,12H,7-8,11H2,(H,25,29)/b18-9-. The van der Waals surface area contributed by atoms with Crippen LogP contribution in [0.3, 0.4) is 0 Å². The van der Waals surface area contributed by atoms with Gasteiger partial charge in [-0.2, -0.15) is 0 Å². The van der Waals surface area contributed by atoms with Gasteiger partial charge in [0.1, 0.15) is 12.4 Å². The number of amides is 3. The van der Waals surface area contributed by atoms with E-state index in [2.05, 4.69) is 10.3 Å². The molecule has 1 aliphatic heterocycles. The summed E-state index contributed by atoms with van der Waals surface area (Å²) in [7, 11) is 0. The van der Waals surface area contributed by atoms with Crippen LogP contribution < -0.4 is 10.9 Å². The monoisotopic (exact) mass is 486 g/mol. The second-order valence-corrected chi connectivity index (χ2v) is 8.47. The number of hydrogen-bond donors (Lipinski definition) is 1. The maximum absolute atomic E-state index is 13.8. The molecule has 2 aromatic carbocycles. The second-order valence-electron chi connectivity index (χ2n) is 7.04. The molecule has 1 aliphatic rings. The van der Waals surface area contributed by atoms with E-state index in [0.29, 0.717) is 27.7 Å². The Hall–Kier alpha value is -3.50. The number of benzene rings is 2. The van der Waals surface area contributed by atoms with Gasteiger partial charge in [-0.05, 0) is 42.1 Å². The van der Waals surface area contributed by atoms with Crippen molar-refractivity contribution >= 4 is 57.4 Å². The number of nitrogens with one attached hydrogen (secondary N) is 1. The van der Waals surface area contributed by atoms with Crippen LogP contribution >= 0.6 is 23.4 Å². The van der Waals surface area contributed by atoms with Gasteiger partial charge in [0.2, 0.25) is 5.91 Å². The van der Waals surface area contributed by atoms with Gasteiger partial charge in [-0.3, -0.25) is 28.6 Å². The Labute approximate surface area is 196 Å². The summed E-state index contributed by atoms with van der Waals surface area (Å²) in [5.41, 5.74) is 0.232. The Bertz CT molecular complexity index is 1370. The third-order valence-electron chi connectivity index (χ3n) is 4.82. The van der Waals surface area contributed by atoms with Crippen molar-refractivity contribution in [3.05, 3.63) is 80.5 Å². The number of carbonyl (C=O) groups excluding carboxylic acids is 3. The molecule has 0 spiro atoms. The van der Waals surface area contributed by atoms with E-state index in [-0.39, 0.29) is 30.1 Å². The van der Waals surface area contributed by atoms with Crippen LogP contribution in [-0.4, -0.2) is 44.6 Å². The number of nitrogens with zero attached hydrogens (tertiary/aromatic N) is 3. The van der Waals surface area contributed by atoms with Crippen LogP contribution in [0.15, 0.2) is 58.5 Å². The quantitative estimate of drug-likeness (QED) is 0.537. The molecular formula is C22H16ClFN4O4S. The van der Waals surface area contributed by atoms with Gasteiger partial charge < -0.3 is 5.32 Å². The molecule has 0 radical (unpaired) electrons. The number of rotatable bonds is 6. The Morgan fingerprint density at radius 3 is 2.76 bits per heavy atom. The first-order chi connectivity index (χ1) is 15.8. The molecule has 1 aromatic heterocycles. The smallest absolute Gasteiger partial charge is 0.293 e. The van der Waals surface area contributed by atoms with E-state index in [1.807, 2.05) is 0 Å². The van der Waals surface area contributed by atoms with Gasteiger partial charge in [-0.1, -0.05) is 29.8 Å². The topological polar surface area (TPSA) is 101 Å².